The third-order valence-electron chi connectivity index (χ3n) is 2.93. The van der Waals surface area contributed by atoms with E-state index in [4.69, 9.17) is 4.74 Å². The van der Waals surface area contributed by atoms with E-state index in [1.165, 1.54) is 12.1 Å². The van der Waals surface area contributed by atoms with E-state index in [-0.39, 0.29) is 5.56 Å². The van der Waals surface area contributed by atoms with Gasteiger partial charge in [0, 0.05) is 0 Å². The normalized spacial score (nSPS) is 10.3. The zero-order chi connectivity index (χ0) is 17.0. The maximum absolute atomic E-state index is 13.4. The van der Waals surface area contributed by atoms with Crippen LogP contribution in [0.1, 0.15) is 15.9 Å². The molecule has 0 radical (unpaired) electrons. The number of anilines is 1. The van der Waals surface area contributed by atoms with Crippen molar-refractivity contribution in [3.63, 3.8) is 0 Å². The molecule has 1 amide bonds. The molecule has 2 aromatic rings. The van der Waals surface area contributed by atoms with Crippen molar-refractivity contribution in [2.45, 2.75) is 6.92 Å². The van der Waals surface area contributed by atoms with E-state index >= 15 is 0 Å². The number of halogens is 3. The molecule has 1 N–H and O–H groups in total. The van der Waals surface area contributed by atoms with Gasteiger partial charge in [0.25, 0.3) is 5.91 Å². The highest BCUT2D eigenvalue weighted by Gasteiger charge is 2.16. The van der Waals surface area contributed by atoms with Crippen molar-refractivity contribution < 1.29 is 27.5 Å². The Morgan fingerprint density at radius 1 is 1.00 bits per heavy atom. The average molecular weight is 323 g/mol. The molecule has 0 aliphatic heterocycles. The second-order valence-electron chi connectivity index (χ2n) is 4.71. The van der Waals surface area contributed by atoms with Crippen LogP contribution >= 0.6 is 0 Å². The summed E-state index contributed by atoms with van der Waals surface area (Å²) in [6.45, 7) is 1.16. The molecule has 2 aromatic carbocycles. The molecule has 0 spiro atoms. The van der Waals surface area contributed by atoms with Crippen LogP contribution in [0.2, 0.25) is 0 Å². The molecule has 0 saturated heterocycles. The number of aryl methyl sites for hydroxylation is 1. The van der Waals surface area contributed by atoms with Gasteiger partial charge in [0.2, 0.25) is 0 Å². The zero-order valence-corrected chi connectivity index (χ0v) is 12.0. The van der Waals surface area contributed by atoms with Crippen LogP contribution in [0.3, 0.4) is 0 Å². The summed E-state index contributed by atoms with van der Waals surface area (Å²) in [6, 6.07) is 8.01. The molecule has 0 heterocycles. The van der Waals surface area contributed by atoms with Crippen molar-refractivity contribution in [2.24, 2.45) is 0 Å². The molecule has 0 aliphatic carbocycles. The fourth-order valence-electron chi connectivity index (χ4n) is 1.71. The molecule has 0 aromatic heterocycles. The summed E-state index contributed by atoms with van der Waals surface area (Å²) in [5.74, 6) is -6.20. The van der Waals surface area contributed by atoms with E-state index in [1.807, 2.05) is 12.2 Å². The molecule has 7 heteroatoms. The Balaban J connectivity index is 1.94. The SMILES string of the molecule is Cc1ccc(C(=O)OCC(=O)Nc2ccc(F)c(F)c2F)cc1. The number of amides is 1. The Labute approximate surface area is 129 Å². The third kappa shape index (κ3) is 4.09. The van der Waals surface area contributed by atoms with Crippen molar-refractivity contribution in [3.8, 4) is 0 Å². The number of nitrogens with one attached hydrogen (secondary N) is 1. The minimum absolute atomic E-state index is 0.252. The van der Waals surface area contributed by atoms with Gasteiger partial charge < -0.3 is 10.1 Å². The number of carbonyl (C=O) groups excluding carboxylic acids is 2. The van der Waals surface area contributed by atoms with E-state index in [0.29, 0.717) is 6.07 Å². The van der Waals surface area contributed by atoms with Gasteiger partial charge in [0.05, 0.1) is 11.3 Å². The summed E-state index contributed by atoms with van der Waals surface area (Å²) in [5, 5.41) is 2.00. The molecule has 0 unspecified atom stereocenters. The first-order chi connectivity index (χ1) is 10.9. The number of hydrogen-bond donors (Lipinski definition) is 1. The molecule has 2 rings (SSSR count). The maximum atomic E-state index is 13.4. The molecule has 23 heavy (non-hydrogen) atoms. The topological polar surface area (TPSA) is 55.4 Å². The van der Waals surface area contributed by atoms with Gasteiger partial charge in [-0.2, -0.15) is 0 Å². The van der Waals surface area contributed by atoms with Crippen molar-refractivity contribution >= 4 is 17.6 Å². The summed E-state index contributed by atoms with van der Waals surface area (Å²) >= 11 is 0. The van der Waals surface area contributed by atoms with Crippen molar-refractivity contribution in [3.05, 3.63) is 65.0 Å². The Morgan fingerprint density at radius 3 is 2.30 bits per heavy atom. The number of benzene rings is 2. The number of rotatable bonds is 4. The van der Waals surface area contributed by atoms with Gasteiger partial charge in [-0.05, 0) is 31.2 Å². The van der Waals surface area contributed by atoms with Gasteiger partial charge in [0.15, 0.2) is 24.1 Å². The van der Waals surface area contributed by atoms with Gasteiger partial charge in [-0.1, -0.05) is 17.7 Å². The van der Waals surface area contributed by atoms with Gasteiger partial charge in [0.1, 0.15) is 0 Å². The van der Waals surface area contributed by atoms with Crippen molar-refractivity contribution in [2.75, 3.05) is 11.9 Å². The maximum Gasteiger partial charge on any atom is 0.338 e. The Morgan fingerprint density at radius 2 is 1.65 bits per heavy atom. The van der Waals surface area contributed by atoms with Crippen LogP contribution in [-0.2, 0) is 9.53 Å². The lowest BCUT2D eigenvalue weighted by molar-refractivity contribution is -0.119. The molecule has 0 fully saturated rings. The molecular weight excluding hydrogens is 311 g/mol. The van der Waals surface area contributed by atoms with Crippen LogP contribution in [-0.4, -0.2) is 18.5 Å². The van der Waals surface area contributed by atoms with Crippen molar-refractivity contribution in [1.29, 1.82) is 0 Å². The summed E-state index contributed by atoms with van der Waals surface area (Å²) < 4.78 is 43.9. The second kappa shape index (κ2) is 6.95. The predicted octanol–water partition coefficient (Wildman–Crippen LogP) is 3.21. The standard InChI is InChI=1S/C16H12F3NO3/c1-9-2-4-10(5-3-9)16(22)23-8-13(21)20-12-7-6-11(17)14(18)15(12)19/h2-7H,8H2,1H3,(H,20,21). The molecule has 0 bridgehead atoms. The molecule has 4 nitrogen and oxygen atoms in total. The average Bonchev–Trinajstić information content (AvgIpc) is 2.54. The highest BCUT2D eigenvalue weighted by molar-refractivity contribution is 5.95. The quantitative estimate of drug-likeness (QED) is 0.694. The Kier molecular flexibility index (Phi) is 5.00. The smallest absolute Gasteiger partial charge is 0.338 e. The van der Waals surface area contributed by atoms with E-state index in [0.717, 1.165) is 11.6 Å². The summed E-state index contributed by atoms with van der Waals surface area (Å²) in [6.07, 6.45) is 0. The zero-order valence-electron chi connectivity index (χ0n) is 12.0. The van der Waals surface area contributed by atoms with Crippen LogP contribution in [0, 0.1) is 24.4 Å². The lowest BCUT2D eigenvalue weighted by Gasteiger charge is -2.08. The molecule has 120 valence electrons. The van der Waals surface area contributed by atoms with Gasteiger partial charge in [-0.15, -0.1) is 0 Å². The first kappa shape index (κ1) is 16.5. The fraction of sp³-hybridized carbons (Fsp3) is 0.125. The third-order valence-corrected chi connectivity index (χ3v) is 2.93. The molecule has 0 aliphatic rings. The monoisotopic (exact) mass is 323 g/mol. The van der Waals surface area contributed by atoms with Crippen molar-refractivity contribution in [1.82, 2.24) is 0 Å². The Hall–Kier alpha value is -2.83. The molecule has 0 saturated carbocycles. The summed E-state index contributed by atoms with van der Waals surface area (Å²) in [7, 11) is 0. The lowest BCUT2D eigenvalue weighted by Crippen LogP contribution is -2.21. The van der Waals surface area contributed by atoms with E-state index in [1.54, 1.807) is 12.1 Å². The fourth-order valence-corrected chi connectivity index (χ4v) is 1.71. The summed E-state index contributed by atoms with van der Waals surface area (Å²) in [4.78, 5) is 23.3. The van der Waals surface area contributed by atoms with Crippen LogP contribution < -0.4 is 5.32 Å². The highest BCUT2D eigenvalue weighted by atomic mass is 19.2. The van der Waals surface area contributed by atoms with Crippen LogP contribution in [0.4, 0.5) is 18.9 Å². The van der Waals surface area contributed by atoms with Crippen LogP contribution in [0.5, 0.6) is 0 Å². The number of ether oxygens (including phenoxy) is 1. The predicted molar refractivity (Wildman–Crippen MR) is 76.4 cm³/mol. The van der Waals surface area contributed by atoms with E-state index in [9.17, 15) is 22.8 Å². The Bertz CT molecular complexity index is 745. The second-order valence-corrected chi connectivity index (χ2v) is 4.71. The van der Waals surface area contributed by atoms with E-state index < -0.39 is 41.6 Å². The lowest BCUT2D eigenvalue weighted by atomic mass is 10.1. The van der Waals surface area contributed by atoms with Gasteiger partial charge in [-0.25, -0.2) is 18.0 Å². The first-order valence-corrected chi connectivity index (χ1v) is 6.55. The highest BCUT2D eigenvalue weighted by Crippen LogP contribution is 2.19. The molecule has 0 atom stereocenters. The van der Waals surface area contributed by atoms with Gasteiger partial charge in [-0.3, -0.25) is 4.79 Å². The number of carbonyl (C=O) groups is 2. The summed E-state index contributed by atoms with van der Waals surface area (Å²) in [5.41, 5.74) is 0.663. The minimum atomic E-state index is -1.69. The van der Waals surface area contributed by atoms with E-state index in [2.05, 4.69) is 0 Å². The number of esters is 1. The number of hydrogen-bond acceptors (Lipinski definition) is 3. The van der Waals surface area contributed by atoms with Crippen LogP contribution in [0.15, 0.2) is 36.4 Å². The van der Waals surface area contributed by atoms with Gasteiger partial charge >= 0.3 is 5.97 Å². The van der Waals surface area contributed by atoms with Crippen LogP contribution in [0.25, 0.3) is 0 Å². The largest absolute Gasteiger partial charge is 0.452 e. The minimum Gasteiger partial charge on any atom is -0.452 e. The molecular formula is C16H12F3NO3. The first-order valence-electron chi connectivity index (χ1n) is 6.55.